The first-order valence-electron chi connectivity index (χ1n) is 11.8. The quantitative estimate of drug-likeness (QED) is 0.723. The minimum Gasteiger partial charge on any atom is -0.359 e. The molecule has 3 aliphatic rings. The second-order valence-corrected chi connectivity index (χ2v) is 11.7. The number of aryl methyl sites for hydroxylation is 2. The van der Waals surface area contributed by atoms with Gasteiger partial charge in [0.1, 0.15) is 11.4 Å². The number of fused-ring (bicyclic) bond motifs is 1. The molecule has 32 heavy (non-hydrogen) atoms. The second kappa shape index (κ2) is 8.30. The number of nitrogens with zero attached hydrogens (tertiary/aromatic N) is 2. The molecule has 2 fully saturated rings. The molecule has 0 radical (unpaired) electrons. The zero-order valence-electron chi connectivity index (χ0n) is 18.7. The number of hydrogen-bond acceptors (Lipinski definition) is 4. The Bertz CT molecular complexity index is 1150. The van der Waals surface area contributed by atoms with Gasteiger partial charge in [0.05, 0.1) is 5.75 Å². The van der Waals surface area contributed by atoms with Crippen molar-refractivity contribution in [3.8, 4) is 0 Å². The van der Waals surface area contributed by atoms with Crippen molar-refractivity contribution in [3.63, 3.8) is 0 Å². The number of amidine groups is 1. The van der Waals surface area contributed by atoms with Crippen LogP contribution in [0.15, 0.2) is 29.3 Å². The van der Waals surface area contributed by atoms with Crippen LogP contribution >= 0.6 is 0 Å². The third-order valence-electron chi connectivity index (χ3n) is 7.45. The van der Waals surface area contributed by atoms with Crippen LogP contribution in [0.4, 0.5) is 0 Å². The van der Waals surface area contributed by atoms with Crippen LogP contribution < -0.4 is 5.32 Å². The molecular formula is C24H32N4O3S. The standard InChI is InChI=1S/C24H32N4O3S/c1-17-16-20-18(8-5-9-21(20)25-17)10-15-32(30,31)28-13-11-24(12-14-28)23(29)26-22(27-24)19-6-3-2-4-7-19/h5,8-9,16,19,25H,2-4,6-7,10-15H2,1H3,(H,26,27,29). The SMILES string of the molecule is Cc1cc2c(CCS(=O)(=O)N3CCC4(CC3)N=C(C3CCCCC3)NC4=O)cccc2[nH]1. The average molecular weight is 457 g/mol. The third kappa shape index (κ3) is 3.99. The van der Waals surface area contributed by atoms with Gasteiger partial charge in [-0.2, -0.15) is 0 Å². The molecule has 8 heteroatoms. The van der Waals surface area contributed by atoms with E-state index >= 15 is 0 Å². The van der Waals surface area contributed by atoms with Crippen LogP contribution in [0, 0.1) is 12.8 Å². The van der Waals surface area contributed by atoms with Crippen molar-refractivity contribution in [2.75, 3.05) is 18.8 Å². The van der Waals surface area contributed by atoms with Crippen LogP contribution in [0.3, 0.4) is 0 Å². The monoisotopic (exact) mass is 456 g/mol. The van der Waals surface area contributed by atoms with Crippen LogP contribution in [0.2, 0.25) is 0 Å². The maximum Gasteiger partial charge on any atom is 0.253 e. The number of aromatic nitrogens is 1. The molecule has 1 amide bonds. The highest BCUT2D eigenvalue weighted by Crippen LogP contribution is 2.35. The van der Waals surface area contributed by atoms with E-state index < -0.39 is 15.6 Å². The summed E-state index contributed by atoms with van der Waals surface area (Å²) in [5.74, 6) is 1.24. The lowest BCUT2D eigenvalue weighted by molar-refractivity contribution is -0.125. The van der Waals surface area contributed by atoms with Gasteiger partial charge < -0.3 is 10.3 Å². The molecule has 2 aromatic rings. The molecule has 172 valence electrons. The maximum absolute atomic E-state index is 13.1. The van der Waals surface area contributed by atoms with Crippen LogP contribution in [-0.2, 0) is 21.2 Å². The molecule has 7 nitrogen and oxygen atoms in total. The zero-order valence-corrected chi connectivity index (χ0v) is 19.5. The summed E-state index contributed by atoms with van der Waals surface area (Å²) in [5, 5.41) is 4.13. The molecule has 1 saturated heterocycles. The predicted octanol–water partition coefficient (Wildman–Crippen LogP) is 3.29. The first-order chi connectivity index (χ1) is 15.4. The second-order valence-electron chi connectivity index (χ2n) is 9.61. The van der Waals surface area contributed by atoms with Crippen molar-refractivity contribution < 1.29 is 13.2 Å². The molecule has 3 heterocycles. The molecule has 0 atom stereocenters. The summed E-state index contributed by atoms with van der Waals surface area (Å²) >= 11 is 0. The van der Waals surface area contributed by atoms with Gasteiger partial charge in [-0.15, -0.1) is 0 Å². The molecule has 1 spiro atoms. The average Bonchev–Trinajstić information content (AvgIpc) is 3.33. The highest BCUT2D eigenvalue weighted by Gasteiger charge is 2.48. The number of rotatable bonds is 5. The fourth-order valence-electron chi connectivity index (χ4n) is 5.53. The molecule has 0 bridgehead atoms. The van der Waals surface area contributed by atoms with Crippen molar-refractivity contribution >= 4 is 32.7 Å². The van der Waals surface area contributed by atoms with Crippen molar-refractivity contribution in [1.82, 2.24) is 14.6 Å². The van der Waals surface area contributed by atoms with E-state index in [1.807, 2.05) is 25.1 Å². The van der Waals surface area contributed by atoms with E-state index in [2.05, 4.69) is 16.4 Å². The first kappa shape index (κ1) is 21.6. The van der Waals surface area contributed by atoms with Gasteiger partial charge in [-0.25, -0.2) is 12.7 Å². The Morgan fingerprint density at radius 1 is 1.16 bits per heavy atom. The highest BCUT2D eigenvalue weighted by molar-refractivity contribution is 7.89. The van der Waals surface area contributed by atoms with E-state index in [4.69, 9.17) is 4.99 Å². The van der Waals surface area contributed by atoms with Gasteiger partial charge in [0.2, 0.25) is 10.0 Å². The molecule has 2 aliphatic heterocycles. The van der Waals surface area contributed by atoms with Gasteiger partial charge in [-0.05, 0) is 56.7 Å². The van der Waals surface area contributed by atoms with E-state index in [0.29, 0.717) is 38.3 Å². The Kier molecular flexibility index (Phi) is 5.61. The van der Waals surface area contributed by atoms with Crippen molar-refractivity contribution in [3.05, 3.63) is 35.5 Å². The summed E-state index contributed by atoms with van der Waals surface area (Å²) in [6.07, 6.45) is 7.20. The largest absolute Gasteiger partial charge is 0.359 e. The fraction of sp³-hybridized carbons (Fsp3) is 0.583. The highest BCUT2D eigenvalue weighted by atomic mass is 32.2. The number of hydrogen-bond donors (Lipinski definition) is 2. The summed E-state index contributed by atoms with van der Waals surface area (Å²) in [5.41, 5.74) is 2.38. The normalized spacial score (nSPS) is 22.4. The van der Waals surface area contributed by atoms with Crippen LogP contribution in [-0.4, -0.2) is 53.8 Å². The van der Waals surface area contributed by atoms with Gasteiger partial charge in [0.15, 0.2) is 0 Å². The number of aromatic amines is 1. The van der Waals surface area contributed by atoms with E-state index in [1.165, 1.54) is 19.3 Å². The minimum atomic E-state index is -3.40. The van der Waals surface area contributed by atoms with Crippen LogP contribution in [0.25, 0.3) is 10.9 Å². The summed E-state index contributed by atoms with van der Waals surface area (Å²) in [6.45, 7) is 2.71. The Morgan fingerprint density at radius 3 is 2.66 bits per heavy atom. The zero-order chi connectivity index (χ0) is 22.3. The summed E-state index contributed by atoms with van der Waals surface area (Å²) in [4.78, 5) is 21.0. The van der Waals surface area contributed by atoms with E-state index in [-0.39, 0.29) is 11.7 Å². The van der Waals surface area contributed by atoms with E-state index in [1.54, 1.807) is 4.31 Å². The lowest BCUT2D eigenvalue weighted by Gasteiger charge is -2.34. The summed E-state index contributed by atoms with van der Waals surface area (Å²) in [6, 6.07) is 8.05. The number of benzene rings is 1. The number of piperidine rings is 1. The van der Waals surface area contributed by atoms with E-state index in [9.17, 15) is 13.2 Å². The number of nitrogens with one attached hydrogen (secondary N) is 2. The Hall–Kier alpha value is -2.19. The third-order valence-corrected chi connectivity index (χ3v) is 9.32. The minimum absolute atomic E-state index is 0.0374. The number of carbonyl (C=O) groups excluding carboxylic acids is 1. The Morgan fingerprint density at radius 2 is 1.91 bits per heavy atom. The summed E-state index contributed by atoms with van der Waals surface area (Å²) in [7, 11) is -3.40. The maximum atomic E-state index is 13.1. The topological polar surface area (TPSA) is 94.6 Å². The van der Waals surface area contributed by atoms with Crippen LogP contribution in [0.5, 0.6) is 0 Å². The molecule has 0 unspecified atom stereocenters. The number of aliphatic imine (C=N–C) groups is 1. The van der Waals surface area contributed by atoms with Crippen molar-refractivity contribution in [1.29, 1.82) is 0 Å². The van der Waals surface area contributed by atoms with E-state index in [0.717, 1.165) is 40.8 Å². The Labute approximate surface area is 189 Å². The molecule has 1 aromatic carbocycles. The number of sulfonamides is 1. The van der Waals surface area contributed by atoms with Crippen molar-refractivity contribution in [2.45, 2.75) is 63.8 Å². The molecule has 2 N–H and O–H groups in total. The molecular weight excluding hydrogens is 424 g/mol. The predicted molar refractivity (Wildman–Crippen MR) is 126 cm³/mol. The molecule has 1 aromatic heterocycles. The number of amides is 1. The molecule has 1 saturated carbocycles. The van der Waals surface area contributed by atoms with Gasteiger partial charge in [-0.3, -0.25) is 9.79 Å². The van der Waals surface area contributed by atoms with Crippen LogP contribution in [0.1, 0.15) is 56.2 Å². The number of carbonyl (C=O) groups is 1. The van der Waals surface area contributed by atoms with Gasteiger partial charge in [0, 0.05) is 35.6 Å². The summed E-state index contributed by atoms with van der Waals surface area (Å²) < 4.78 is 27.7. The fourth-order valence-corrected chi connectivity index (χ4v) is 7.00. The molecule has 1 aliphatic carbocycles. The van der Waals surface area contributed by atoms with Gasteiger partial charge >= 0.3 is 0 Å². The van der Waals surface area contributed by atoms with Crippen molar-refractivity contribution in [2.24, 2.45) is 10.9 Å². The first-order valence-corrected chi connectivity index (χ1v) is 13.4. The Balaban J connectivity index is 1.24. The lowest BCUT2D eigenvalue weighted by atomic mass is 9.88. The van der Waals surface area contributed by atoms with Gasteiger partial charge in [-0.1, -0.05) is 31.4 Å². The smallest absolute Gasteiger partial charge is 0.253 e. The van der Waals surface area contributed by atoms with Gasteiger partial charge in [0.25, 0.3) is 5.91 Å². The number of H-pyrrole nitrogens is 1. The molecule has 5 rings (SSSR count). The lowest BCUT2D eigenvalue weighted by Crippen LogP contribution is -2.51.